The lowest BCUT2D eigenvalue weighted by Gasteiger charge is -2.28. The lowest BCUT2D eigenvalue weighted by atomic mass is 9.93. The number of likely N-dealkylation sites (tertiary alicyclic amines) is 1. The van der Waals surface area contributed by atoms with Gasteiger partial charge in [-0.15, -0.1) is 0 Å². The first-order valence-electron chi connectivity index (χ1n) is 10.2. The van der Waals surface area contributed by atoms with E-state index in [4.69, 9.17) is 4.98 Å². The summed E-state index contributed by atoms with van der Waals surface area (Å²) >= 11 is 0. The van der Waals surface area contributed by atoms with Crippen LogP contribution >= 0.6 is 0 Å². The largest absolute Gasteiger partial charge is 0.306 e. The summed E-state index contributed by atoms with van der Waals surface area (Å²) < 4.78 is 1.94. The van der Waals surface area contributed by atoms with Crippen molar-refractivity contribution in [2.75, 3.05) is 20.1 Å². The number of nitrogens with zero attached hydrogens (tertiary/aromatic N) is 5. The lowest BCUT2D eigenvalue weighted by molar-refractivity contribution is 0.253. The van der Waals surface area contributed by atoms with Crippen LogP contribution in [0.15, 0.2) is 60.9 Å². The van der Waals surface area contributed by atoms with E-state index in [-0.39, 0.29) is 0 Å². The van der Waals surface area contributed by atoms with Crippen LogP contribution in [0, 0.1) is 6.92 Å². The Labute approximate surface area is 171 Å². The van der Waals surface area contributed by atoms with Gasteiger partial charge in [0.2, 0.25) is 0 Å². The van der Waals surface area contributed by atoms with Crippen LogP contribution in [0.25, 0.3) is 28.0 Å². The minimum atomic E-state index is 0.524. The maximum Gasteiger partial charge on any atom is 0.163 e. The van der Waals surface area contributed by atoms with Crippen LogP contribution < -0.4 is 0 Å². The minimum absolute atomic E-state index is 0.524. The minimum Gasteiger partial charge on any atom is -0.306 e. The number of aryl methyl sites for hydroxylation is 1. The van der Waals surface area contributed by atoms with Gasteiger partial charge in [0.05, 0.1) is 11.9 Å². The van der Waals surface area contributed by atoms with Gasteiger partial charge in [-0.1, -0.05) is 36.4 Å². The molecule has 0 N–H and O–H groups in total. The van der Waals surface area contributed by atoms with Crippen LogP contribution in [-0.4, -0.2) is 44.6 Å². The topological polar surface area (TPSA) is 46.3 Å². The summed E-state index contributed by atoms with van der Waals surface area (Å²) in [5.74, 6) is 0.524. The second-order valence-corrected chi connectivity index (χ2v) is 7.99. The van der Waals surface area contributed by atoms with E-state index in [0.29, 0.717) is 5.92 Å². The molecule has 146 valence electrons. The third-order valence-electron chi connectivity index (χ3n) is 5.95. The number of pyridine rings is 1. The zero-order valence-electron chi connectivity index (χ0n) is 16.9. The molecule has 1 aromatic carbocycles. The summed E-state index contributed by atoms with van der Waals surface area (Å²) in [6.07, 6.45) is 6.16. The normalized spacial score (nSPS) is 15.8. The Kier molecular flexibility index (Phi) is 4.60. The highest BCUT2D eigenvalue weighted by molar-refractivity contribution is 5.77. The van der Waals surface area contributed by atoms with Crippen molar-refractivity contribution in [2.24, 2.45) is 0 Å². The summed E-state index contributed by atoms with van der Waals surface area (Å²) in [6, 6.07) is 16.6. The predicted molar refractivity (Wildman–Crippen MR) is 116 cm³/mol. The highest BCUT2D eigenvalue weighted by Crippen LogP contribution is 2.30. The van der Waals surface area contributed by atoms with Crippen LogP contribution in [0.4, 0.5) is 0 Å². The zero-order valence-corrected chi connectivity index (χ0v) is 16.9. The molecule has 1 aliphatic heterocycles. The molecule has 0 aliphatic carbocycles. The SMILES string of the molecule is Cc1cc(C2CCN(C)CC2)nc2c(-c3ccc(-c4ccccc4)nc3)cnn12. The Balaban J connectivity index is 1.52. The van der Waals surface area contributed by atoms with Gasteiger partial charge in [-0.2, -0.15) is 5.10 Å². The fraction of sp³-hybridized carbons (Fsp3) is 0.292. The van der Waals surface area contributed by atoms with Crippen molar-refractivity contribution >= 4 is 5.65 Å². The molecule has 0 unspecified atom stereocenters. The Morgan fingerprint density at radius 2 is 1.72 bits per heavy atom. The molecule has 5 nitrogen and oxygen atoms in total. The number of rotatable bonds is 3. The monoisotopic (exact) mass is 383 g/mol. The van der Waals surface area contributed by atoms with Gasteiger partial charge in [0.25, 0.3) is 0 Å². The summed E-state index contributed by atoms with van der Waals surface area (Å²) in [4.78, 5) is 12.1. The smallest absolute Gasteiger partial charge is 0.163 e. The van der Waals surface area contributed by atoms with Crippen molar-refractivity contribution in [1.29, 1.82) is 0 Å². The molecule has 0 bridgehead atoms. The van der Waals surface area contributed by atoms with E-state index < -0.39 is 0 Å². The highest BCUT2D eigenvalue weighted by Gasteiger charge is 2.21. The number of fused-ring (bicyclic) bond motifs is 1. The van der Waals surface area contributed by atoms with Crippen LogP contribution in [0.5, 0.6) is 0 Å². The Morgan fingerprint density at radius 3 is 2.45 bits per heavy atom. The van der Waals surface area contributed by atoms with Crippen molar-refractivity contribution in [3.8, 4) is 22.4 Å². The highest BCUT2D eigenvalue weighted by atomic mass is 15.3. The molecule has 3 aromatic heterocycles. The summed E-state index contributed by atoms with van der Waals surface area (Å²) in [6.45, 7) is 4.38. The van der Waals surface area contributed by atoms with E-state index in [1.54, 1.807) is 0 Å². The van der Waals surface area contributed by atoms with E-state index in [9.17, 15) is 0 Å². The fourth-order valence-electron chi connectivity index (χ4n) is 4.19. The quantitative estimate of drug-likeness (QED) is 0.520. The Morgan fingerprint density at radius 1 is 0.931 bits per heavy atom. The number of hydrogen-bond acceptors (Lipinski definition) is 4. The van der Waals surface area contributed by atoms with E-state index in [1.807, 2.05) is 35.1 Å². The van der Waals surface area contributed by atoms with Crippen LogP contribution in [-0.2, 0) is 0 Å². The van der Waals surface area contributed by atoms with E-state index in [0.717, 1.165) is 59.7 Å². The molecule has 1 aliphatic rings. The van der Waals surface area contributed by atoms with Gasteiger partial charge >= 0.3 is 0 Å². The zero-order chi connectivity index (χ0) is 19.8. The number of benzene rings is 1. The molecule has 5 rings (SSSR count). The summed E-state index contributed by atoms with van der Waals surface area (Å²) in [7, 11) is 2.19. The maximum absolute atomic E-state index is 5.06. The molecule has 1 fully saturated rings. The van der Waals surface area contributed by atoms with Crippen molar-refractivity contribution in [2.45, 2.75) is 25.7 Å². The van der Waals surface area contributed by atoms with Gasteiger partial charge in [-0.05, 0) is 52.0 Å². The van der Waals surface area contributed by atoms with Gasteiger partial charge < -0.3 is 4.90 Å². The van der Waals surface area contributed by atoms with E-state index in [2.05, 4.69) is 59.3 Å². The molecular weight excluding hydrogens is 358 g/mol. The lowest BCUT2D eigenvalue weighted by Crippen LogP contribution is -2.29. The summed E-state index contributed by atoms with van der Waals surface area (Å²) in [5.41, 5.74) is 7.43. The van der Waals surface area contributed by atoms with Gasteiger partial charge in [-0.25, -0.2) is 9.50 Å². The Hall–Kier alpha value is -3.05. The third kappa shape index (κ3) is 3.42. The predicted octanol–water partition coefficient (Wildman–Crippen LogP) is 4.58. The molecule has 0 saturated carbocycles. The molecule has 4 aromatic rings. The molecular formula is C24H25N5. The first-order chi connectivity index (χ1) is 14.2. The van der Waals surface area contributed by atoms with Crippen molar-refractivity contribution in [3.63, 3.8) is 0 Å². The molecule has 0 radical (unpaired) electrons. The van der Waals surface area contributed by atoms with Crippen LogP contribution in [0.2, 0.25) is 0 Å². The second-order valence-electron chi connectivity index (χ2n) is 7.99. The van der Waals surface area contributed by atoms with Crippen LogP contribution in [0.1, 0.15) is 30.1 Å². The average molecular weight is 383 g/mol. The number of piperidine rings is 1. The van der Waals surface area contributed by atoms with Gasteiger partial charge in [0, 0.05) is 40.2 Å². The molecule has 0 amide bonds. The van der Waals surface area contributed by atoms with Crippen LogP contribution in [0.3, 0.4) is 0 Å². The van der Waals surface area contributed by atoms with Crippen molar-refractivity contribution in [1.82, 2.24) is 24.5 Å². The first kappa shape index (κ1) is 18.0. The van der Waals surface area contributed by atoms with E-state index in [1.165, 1.54) is 5.69 Å². The van der Waals surface area contributed by atoms with Crippen molar-refractivity contribution in [3.05, 3.63) is 72.3 Å². The molecule has 0 spiro atoms. The molecule has 5 heteroatoms. The number of hydrogen-bond donors (Lipinski definition) is 0. The standard InChI is InChI=1S/C24H25N5/c1-17-14-23(19-10-12-28(2)13-11-19)27-24-21(16-26-29(17)24)20-8-9-22(25-15-20)18-6-4-3-5-7-18/h3-9,14-16,19H,10-13H2,1-2H3. The van der Waals surface area contributed by atoms with E-state index >= 15 is 0 Å². The molecule has 29 heavy (non-hydrogen) atoms. The first-order valence-corrected chi connectivity index (χ1v) is 10.2. The van der Waals surface area contributed by atoms with Gasteiger partial charge in [-0.3, -0.25) is 4.98 Å². The Bertz CT molecular complexity index is 1120. The second kappa shape index (κ2) is 7.41. The number of aromatic nitrogens is 4. The maximum atomic E-state index is 5.06. The van der Waals surface area contributed by atoms with Gasteiger partial charge in [0.1, 0.15) is 0 Å². The fourth-order valence-corrected chi connectivity index (χ4v) is 4.19. The van der Waals surface area contributed by atoms with Gasteiger partial charge in [0.15, 0.2) is 5.65 Å². The molecule has 4 heterocycles. The molecule has 0 atom stereocenters. The summed E-state index contributed by atoms with van der Waals surface area (Å²) in [5, 5.41) is 4.59. The molecule has 1 saturated heterocycles. The average Bonchev–Trinajstić information content (AvgIpc) is 3.20. The van der Waals surface area contributed by atoms with Crippen molar-refractivity contribution < 1.29 is 0 Å². The third-order valence-corrected chi connectivity index (χ3v) is 5.95.